The third-order valence-electron chi connectivity index (χ3n) is 3.42. The van der Waals surface area contributed by atoms with Gasteiger partial charge >= 0.3 is 7.52 Å². The quantitative estimate of drug-likeness (QED) is 0.301. The first kappa shape index (κ1) is 20.3. The van der Waals surface area contributed by atoms with Crippen LogP contribution in [0.15, 0.2) is 17.6 Å². The minimum atomic E-state index is -3.84. The van der Waals surface area contributed by atoms with Gasteiger partial charge in [0.1, 0.15) is 18.2 Å². The Balaban J connectivity index is 1.96. The van der Waals surface area contributed by atoms with Gasteiger partial charge in [-0.2, -0.15) is 0 Å². The van der Waals surface area contributed by atoms with Crippen molar-refractivity contribution in [3.8, 4) is 0 Å². The molecule has 2 aromatic heterocycles. The number of methoxy groups -OCH3 is 1. The van der Waals surface area contributed by atoms with Crippen LogP contribution in [-0.2, 0) is 25.1 Å². The SMILES string of the molecule is COCCCOP(=O)(CO[C@H](CO)Cn1cnc2c(N)ncnc21)N=O. The maximum absolute atomic E-state index is 12.2. The summed E-state index contributed by atoms with van der Waals surface area (Å²) >= 11 is 0. The highest BCUT2D eigenvalue weighted by atomic mass is 31.2. The smallest absolute Gasteiger partial charge is 0.377 e. The second kappa shape index (κ2) is 9.64. The standard InChI is InChI=1S/C13H21N6O6P/c1-23-3-2-4-25-26(22,18-21)9-24-10(6-20)5-19-8-17-11-12(14)15-7-16-13(11)19/h7-8,10,20H,2-6,9H2,1H3,(H2,14,15,16)/t10-,26?/m0/s1. The van der Waals surface area contributed by atoms with Gasteiger partial charge in [-0.3, -0.25) is 4.57 Å². The lowest BCUT2D eigenvalue weighted by Gasteiger charge is -2.18. The number of hydrogen-bond donors (Lipinski definition) is 2. The van der Waals surface area contributed by atoms with E-state index in [4.69, 9.17) is 19.7 Å². The topological polar surface area (TPSA) is 164 Å². The van der Waals surface area contributed by atoms with Crippen LogP contribution in [0.4, 0.5) is 5.82 Å². The Morgan fingerprint density at radius 3 is 2.88 bits per heavy atom. The lowest BCUT2D eigenvalue weighted by molar-refractivity contribution is 0.0220. The summed E-state index contributed by atoms with van der Waals surface area (Å²) in [5.74, 6) is 0.231. The van der Waals surface area contributed by atoms with E-state index < -0.39 is 20.0 Å². The van der Waals surface area contributed by atoms with E-state index >= 15 is 0 Å². The number of anilines is 1. The summed E-state index contributed by atoms with van der Waals surface area (Å²) < 4.78 is 29.1. The van der Waals surface area contributed by atoms with Crippen molar-refractivity contribution < 1.29 is 23.7 Å². The summed E-state index contributed by atoms with van der Waals surface area (Å²) in [7, 11) is -2.32. The lowest BCUT2D eigenvalue weighted by Crippen LogP contribution is -2.24. The molecule has 0 aliphatic heterocycles. The zero-order valence-corrected chi connectivity index (χ0v) is 15.1. The number of nitroso groups, excluding NO2 is 1. The van der Waals surface area contributed by atoms with E-state index in [1.165, 1.54) is 19.8 Å². The number of nitrogens with zero attached hydrogens (tertiary/aromatic N) is 5. The van der Waals surface area contributed by atoms with E-state index in [9.17, 15) is 14.6 Å². The Bertz CT molecular complexity index is 771. The third-order valence-corrected chi connectivity index (χ3v) is 4.73. The van der Waals surface area contributed by atoms with Gasteiger partial charge in [-0.25, -0.2) is 15.0 Å². The summed E-state index contributed by atoms with van der Waals surface area (Å²) in [6, 6.07) is 0. The largest absolute Gasteiger partial charge is 0.394 e. The van der Waals surface area contributed by atoms with Crippen molar-refractivity contribution in [2.45, 2.75) is 19.1 Å². The van der Waals surface area contributed by atoms with E-state index in [0.29, 0.717) is 24.2 Å². The fraction of sp³-hybridized carbons (Fsp3) is 0.615. The number of aliphatic hydroxyl groups is 1. The summed E-state index contributed by atoms with van der Waals surface area (Å²) in [6.07, 6.45) is 1.91. The molecular formula is C13H21N6O6P. The van der Waals surface area contributed by atoms with Crippen LogP contribution in [0.1, 0.15) is 6.42 Å². The Morgan fingerprint density at radius 1 is 1.38 bits per heavy atom. The van der Waals surface area contributed by atoms with E-state index in [2.05, 4.69) is 19.9 Å². The number of aromatic nitrogens is 4. The molecule has 0 spiro atoms. The normalized spacial score (nSPS) is 15.0. The van der Waals surface area contributed by atoms with E-state index in [0.717, 1.165) is 0 Å². The Labute approximate surface area is 149 Å². The molecule has 0 amide bonds. The van der Waals surface area contributed by atoms with E-state index in [1.54, 1.807) is 4.57 Å². The van der Waals surface area contributed by atoms with Gasteiger partial charge in [-0.05, 0) is 6.42 Å². The van der Waals surface area contributed by atoms with Crippen molar-refractivity contribution in [3.05, 3.63) is 17.6 Å². The van der Waals surface area contributed by atoms with Crippen molar-refractivity contribution in [1.82, 2.24) is 19.5 Å². The number of ether oxygens (including phenoxy) is 2. The minimum absolute atomic E-state index is 0.0480. The molecule has 144 valence electrons. The molecule has 0 bridgehead atoms. The first-order chi connectivity index (χ1) is 12.5. The van der Waals surface area contributed by atoms with Gasteiger partial charge in [-0.15, -0.1) is 4.91 Å². The van der Waals surface area contributed by atoms with Crippen molar-refractivity contribution in [3.63, 3.8) is 0 Å². The monoisotopic (exact) mass is 388 g/mol. The average molecular weight is 388 g/mol. The molecule has 1 unspecified atom stereocenters. The Hall–Kier alpha value is -1.98. The second-order valence-electron chi connectivity index (χ2n) is 5.33. The lowest BCUT2D eigenvalue weighted by atomic mass is 10.3. The molecule has 0 fully saturated rings. The number of fused-ring (bicyclic) bond motifs is 1. The van der Waals surface area contributed by atoms with Crippen LogP contribution in [0.2, 0.25) is 0 Å². The second-order valence-corrected chi connectivity index (χ2v) is 7.28. The summed E-state index contributed by atoms with van der Waals surface area (Å²) in [5, 5.41) is 9.50. The number of nitrogens with two attached hydrogens (primary N) is 1. The molecular weight excluding hydrogens is 367 g/mol. The maximum Gasteiger partial charge on any atom is 0.377 e. The van der Waals surface area contributed by atoms with Crippen LogP contribution >= 0.6 is 7.52 Å². The first-order valence-electron chi connectivity index (χ1n) is 7.74. The number of imidazole rings is 1. The average Bonchev–Trinajstić information content (AvgIpc) is 3.06. The molecule has 0 radical (unpaired) electrons. The molecule has 3 N–H and O–H groups in total. The molecule has 13 heteroatoms. The Morgan fingerprint density at radius 2 is 2.19 bits per heavy atom. The van der Waals surface area contributed by atoms with Crippen LogP contribution in [0.25, 0.3) is 11.2 Å². The molecule has 0 aliphatic rings. The summed E-state index contributed by atoms with van der Waals surface area (Å²) in [6.45, 7) is 0.207. The molecule has 0 saturated heterocycles. The fourth-order valence-corrected chi connectivity index (χ4v) is 3.09. The van der Waals surface area contributed by atoms with E-state index in [-0.39, 0.29) is 25.6 Å². The molecule has 0 aromatic carbocycles. The third kappa shape index (κ3) is 5.26. The van der Waals surface area contributed by atoms with Gasteiger partial charge in [0.15, 0.2) is 11.5 Å². The summed E-state index contributed by atoms with van der Waals surface area (Å²) in [4.78, 5) is 25.5. The molecule has 2 atom stereocenters. The predicted octanol–water partition coefficient (Wildman–Crippen LogP) is 0.756. The number of hydrogen-bond acceptors (Lipinski definition) is 10. The maximum atomic E-state index is 12.2. The van der Waals surface area contributed by atoms with Crippen LogP contribution in [0, 0.1) is 4.91 Å². The molecule has 0 aliphatic carbocycles. The van der Waals surface area contributed by atoms with Crippen molar-refractivity contribution in [1.29, 1.82) is 0 Å². The zero-order valence-electron chi connectivity index (χ0n) is 14.2. The van der Waals surface area contributed by atoms with Crippen LogP contribution < -0.4 is 5.73 Å². The zero-order chi connectivity index (χ0) is 19.0. The van der Waals surface area contributed by atoms with Crippen LogP contribution in [0.3, 0.4) is 0 Å². The highest BCUT2D eigenvalue weighted by Crippen LogP contribution is 2.48. The first-order valence-corrected chi connectivity index (χ1v) is 9.50. The van der Waals surface area contributed by atoms with Crippen LogP contribution in [0.5, 0.6) is 0 Å². The Kier molecular flexibility index (Phi) is 7.54. The van der Waals surface area contributed by atoms with Gasteiger partial charge in [0.05, 0.1) is 32.2 Å². The van der Waals surface area contributed by atoms with Crippen LogP contribution in [-0.4, -0.2) is 64.0 Å². The van der Waals surface area contributed by atoms with Crippen molar-refractivity contribution in [2.24, 2.45) is 4.95 Å². The highest BCUT2D eigenvalue weighted by molar-refractivity contribution is 7.57. The summed E-state index contributed by atoms with van der Waals surface area (Å²) in [5.41, 5.74) is 6.60. The van der Waals surface area contributed by atoms with Gasteiger partial charge in [0.2, 0.25) is 0 Å². The van der Waals surface area contributed by atoms with Gasteiger partial charge in [0.25, 0.3) is 0 Å². The van der Waals surface area contributed by atoms with Crippen molar-refractivity contribution in [2.75, 3.05) is 39.0 Å². The molecule has 2 heterocycles. The number of nitrogen functional groups attached to an aromatic ring is 1. The minimum Gasteiger partial charge on any atom is -0.394 e. The van der Waals surface area contributed by atoms with Crippen molar-refractivity contribution >= 4 is 24.5 Å². The molecule has 26 heavy (non-hydrogen) atoms. The number of aliphatic hydroxyl groups excluding tert-OH is 1. The number of rotatable bonds is 12. The molecule has 2 aromatic rings. The fourth-order valence-electron chi connectivity index (χ4n) is 2.11. The van der Waals surface area contributed by atoms with Gasteiger partial charge < -0.3 is 29.4 Å². The van der Waals surface area contributed by atoms with E-state index in [1.807, 2.05) is 0 Å². The van der Waals surface area contributed by atoms with Gasteiger partial charge in [0, 0.05) is 18.7 Å². The molecule has 2 rings (SSSR count). The molecule has 0 saturated carbocycles. The predicted molar refractivity (Wildman–Crippen MR) is 92.4 cm³/mol. The highest BCUT2D eigenvalue weighted by Gasteiger charge is 2.27. The van der Waals surface area contributed by atoms with Gasteiger partial charge in [-0.1, -0.05) is 0 Å². The molecule has 12 nitrogen and oxygen atoms in total.